The van der Waals surface area contributed by atoms with E-state index >= 15 is 0 Å². The second kappa shape index (κ2) is 6.28. The van der Waals surface area contributed by atoms with Crippen LogP contribution >= 0.6 is 0 Å². The fourth-order valence-corrected chi connectivity index (χ4v) is 2.34. The molecule has 110 valence electrons. The number of nitrogens with one attached hydrogen (secondary N) is 1. The molecule has 2 unspecified atom stereocenters. The maximum absolute atomic E-state index is 13.0. The number of nitrogens with two attached hydrogens (primary N) is 1. The second-order valence-electron chi connectivity index (χ2n) is 5.37. The Kier molecular flexibility index (Phi) is 4.67. The molecule has 0 radical (unpaired) electrons. The predicted octanol–water partition coefficient (Wildman–Crippen LogP) is 1.57. The van der Waals surface area contributed by atoms with Crippen LogP contribution in [0.3, 0.4) is 0 Å². The normalized spacial score (nSPS) is 23.6. The number of anilines is 1. The van der Waals surface area contributed by atoms with E-state index < -0.39 is 11.6 Å². The monoisotopic (exact) mass is 283 g/mol. The van der Waals surface area contributed by atoms with E-state index in [0.29, 0.717) is 12.5 Å². The topological polar surface area (TPSA) is 58.4 Å². The van der Waals surface area contributed by atoms with Gasteiger partial charge in [0.25, 0.3) is 0 Å². The van der Waals surface area contributed by atoms with Gasteiger partial charge in [0, 0.05) is 24.3 Å². The van der Waals surface area contributed by atoms with Gasteiger partial charge in [-0.05, 0) is 31.0 Å². The summed E-state index contributed by atoms with van der Waals surface area (Å²) in [6.45, 7) is 3.74. The summed E-state index contributed by atoms with van der Waals surface area (Å²) >= 11 is 0. The minimum absolute atomic E-state index is 0.0585. The Bertz CT molecular complexity index is 475. The maximum atomic E-state index is 13.0. The van der Waals surface area contributed by atoms with Crippen molar-refractivity contribution in [1.29, 1.82) is 0 Å². The van der Waals surface area contributed by atoms with E-state index in [1.54, 1.807) is 0 Å². The van der Waals surface area contributed by atoms with Crippen LogP contribution in [0.25, 0.3) is 0 Å². The number of piperidine rings is 1. The zero-order valence-corrected chi connectivity index (χ0v) is 11.4. The van der Waals surface area contributed by atoms with Crippen LogP contribution in [0.15, 0.2) is 18.2 Å². The van der Waals surface area contributed by atoms with Crippen LogP contribution in [0.4, 0.5) is 14.5 Å². The van der Waals surface area contributed by atoms with Crippen molar-refractivity contribution in [1.82, 2.24) is 4.90 Å². The summed E-state index contributed by atoms with van der Waals surface area (Å²) in [6, 6.07) is 3.00. The molecule has 1 fully saturated rings. The summed E-state index contributed by atoms with van der Waals surface area (Å²) in [6.07, 6.45) is 0.947. The number of nitrogens with zero attached hydrogens (tertiary/aromatic N) is 1. The number of amides is 1. The molecule has 0 aromatic heterocycles. The Labute approximate surface area is 116 Å². The van der Waals surface area contributed by atoms with Crippen LogP contribution in [-0.4, -0.2) is 36.5 Å². The van der Waals surface area contributed by atoms with E-state index in [2.05, 4.69) is 12.2 Å². The molecule has 4 nitrogen and oxygen atoms in total. The van der Waals surface area contributed by atoms with Gasteiger partial charge in [0.05, 0.1) is 6.54 Å². The van der Waals surface area contributed by atoms with Gasteiger partial charge in [0.1, 0.15) is 11.6 Å². The zero-order valence-electron chi connectivity index (χ0n) is 11.4. The number of hydrogen-bond donors (Lipinski definition) is 2. The number of likely N-dealkylation sites (tertiary alicyclic amines) is 1. The van der Waals surface area contributed by atoms with Crippen molar-refractivity contribution in [2.75, 3.05) is 25.0 Å². The summed E-state index contributed by atoms with van der Waals surface area (Å²) in [7, 11) is 0. The van der Waals surface area contributed by atoms with Crippen molar-refractivity contribution in [2.45, 2.75) is 19.4 Å². The molecule has 2 rings (SSSR count). The molecule has 2 atom stereocenters. The first-order chi connectivity index (χ1) is 9.44. The van der Waals surface area contributed by atoms with Gasteiger partial charge in [-0.1, -0.05) is 6.92 Å². The third-order valence-electron chi connectivity index (χ3n) is 3.61. The Hall–Kier alpha value is -1.53. The predicted molar refractivity (Wildman–Crippen MR) is 73.2 cm³/mol. The van der Waals surface area contributed by atoms with Crippen LogP contribution < -0.4 is 11.1 Å². The van der Waals surface area contributed by atoms with E-state index in [1.807, 2.05) is 4.90 Å². The van der Waals surface area contributed by atoms with Crippen molar-refractivity contribution in [2.24, 2.45) is 11.7 Å². The number of carbonyl (C=O) groups is 1. The SMILES string of the molecule is CC1CCN(CC(=O)Nc2cc(F)cc(F)c2)CC1N. The number of carbonyl (C=O) groups excluding carboxylic acids is 1. The van der Waals surface area contributed by atoms with Gasteiger partial charge in [0.2, 0.25) is 5.91 Å². The molecule has 0 aliphatic carbocycles. The van der Waals surface area contributed by atoms with Crippen molar-refractivity contribution >= 4 is 11.6 Å². The highest BCUT2D eigenvalue weighted by Crippen LogP contribution is 2.16. The average molecular weight is 283 g/mol. The van der Waals surface area contributed by atoms with Crippen molar-refractivity contribution in [3.05, 3.63) is 29.8 Å². The largest absolute Gasteiger partial charge is 0.326 e. The molecule has 1 heterocycles. The first-order valence-electron chi connectivity index (χ1n) is 6.68. The van der Waals surface area contributed by atoms with E-state index in [1.165, 1.54) is 0 Å². The number of rotatable bonds is 3. The van der Waals surface area contributed by atoms with Crippen LogP contribution in [0, 0.1) is 17.6 Å². The molecule has 1 aromatic carbocycles. The molecule has 6 heteroatoms. The molecular formula is C14H19F2N3O. The fraction of sp³-hybridized carbons (Fsp3) is 0.500. The highest BCUT2D eigenvalue weighted by molar-refractivity contribution is 5.92. The summed E-state index contributed by atoms with van der Waals surface area (Å²) < 4.78 is 26.0. The number of hydrogen-bond acceptors (Lipinski definition) is 3. The third kappa shape index (κ3) is 3.98. The maximum Gasteiger partial charge on any atom is 0.238 e. The van der Waals surface area contributed by atoms with Gasteiger partial charge in [0.15, 0.2) is 0 Å². The molecular weight excluding hydrogens is 264 g/mol. The number of benzene rings is 1. The smallest absolute Gasteiger partial charge is 0.238 e. The Balaban J connectivity index is 1.89. The van der Waals surface area contributed by atoms with Gasteiger partial charge >= 0.3 is 0 Å². The van der Waals surface area contributed by atoms with Crippen molar-refractivity contribution in [3.63, 3.8) is 0 Å². The molecule has 0 spiro atoms. The van der Waals surface area contributed by atoms with E-state index in [-0.39, 0.29) is 24.2 Å². The highest BCUT2D eigenvalue weighted by atomic mass is 19.1. The molecule has 1 saturated heterocycles. The molecule has 20 heavy (non-hydrogen) atoms. The lowest BCUT2D eigenvalue weighted by Gasteiger charge is -2.34. The van der Waals surface area contributed by atoms with Gasteiger partial charge in [-0.3, -0.25) is 9.69 Å². The van der Waals surface area contributed by atoms with Crippen molar-refractivity contribution in [3.8, 4) is 0 Å². The van der Waals surface area contributed by atoms with Crippen LogP contribution in [0.2, 0.25) is 0 Å². The molecule has 0 bridgehead atoms. The van der Waals surface area contributed by atoms with E-state index in [4.69, 9.17) is 5.73 Å². The zero-order chi connectivity index (χ0) is 14.7. The minimum Gasteiger partial charge on any atom is -0.326 e. The van der Waals surface area contributed by atoms with Crippen LogP contribution in [-0.2, 0) is 4.79 Å². The van der Waals surface area contributed by atoms with Crippen LogP contribution in [0.1, 0.15) is 13.3 Å². The summed E-state index contributed by atoms with van der Waals surface area (Å²) in [5, 5.41) is 2.50. The van der Waals surface area contributed by atoms with E-state index in [9.17, 15) is 13.6 Å². The summed E-state index contributed by atoms with van der Waals surface area (Å²) in [4.78, 5) is 13.8. The molecule has 0 saturated carbocycles. The third-order valence-corrected chi connectivity index (χ3v) is 3.61. The minimum atomic E-state index is -0.714. The van der Waals surface area contributed by atoms with Crippen molar-refractivity contribution < 1.29 is 13.6 Å². The van der Waals surface area contributed by atoms with Gasteiger partial charge in [-0.15, -0.1) is 0 Å². The quantitative estimate of drug-likeness (QED) is 0.885. The van der Waals surface area contributed by atoms with E-state index in [0.717, 1.165) is 31.2 Å². The van der Waals surface area contributed by atoms with Gasteiger partial charge < -0.3 is 11.1 Å². The molecule has 1 aliphatic rings. The molecule has 3 N–H and O–H groups in total. The average Bonchev–Trinajstić information content (AvgIpc) is 2.32. The number of halogens is 2. The lowest BCUT2D eigenvalue weighted by molar-refractivity contribution is -0.117. The lowest BCUT2D eigenvalue weighted by Crippen LogP contribution is -2.49. The Morgan fingerprint density at radius 3 is 2.65 bits per heavy atom. The first-order valence-corrected chi connectivity index (χ1v) is 6.68. The summed E-state index contributed by atoms with van der Waals surface area (Å²) in [5.41, 5.74) is 6.09. The second-order valence-corrected chi connectivity index (χ2v) is 5.37. The Morgan fingerprint density at radius 2 is 2.05 bits per heavy atom. The fourth-order valence-electron chi connectivity index (χ4n) is 2.34. The van der Waals surface area contributed by atoms with Gasteiger partial charge in [-0.25, -0.2) is 8.78 Å². The molecule has 1 aromatic rings. The standard InChI is InChI=1S/C14H19F2N3O/c1-9-2-3-19(7-13(9)17)8-14(20)18-12-5-10(15)4-11(16)6-12/h4-6,9,13H,2-3,7-8,17H2,1H3,(H,18,20). The molecule has 1 aliphatic heterocycles. The van der Waals surface area contributed by atoms with Gasteiger partial charge in [-0.2, -0.15) is 0 Å². The first kappa shape index (κ1) is 14.9. The lowest BCUT2D eigenvalue weighted by atomic mass is 9.94. The summed E-state index contributed by atoms with van der Waals surface area (Å²) in [5.74, 6) is -1.27. The highest BCUT2D eigenvalue weighted by Gasteiger charge is 2.24. The van der Waals surface area contributed by atoms with Crippen LogP contribution in [0.5, 0.6) is 0 Å². The Morgan fingerprint density at radius 1 is 1.40 bits per heavy atom. The molecule has 1 amide bonds.